The number of imide groups is 1. The average Bonchev–Trinajstić information content (AvgIpc) is 2.36. The Balaban J connectivity index is 1.95. The molecule has 106 valence electrons. The van der Waals surface area contributed by atoms with Crippen LogP contribution in [0.4, 0.5) is 10.5 Å². The Morgan fingerprint density at radius 3 is 2.55 bits per heavy atom. The summed E-state index contributed by atoms with van der Waals surface area (Å²) in [5.41, 5.74) is 0.658. The van der Waals surface area contributed by atoms with Gasteiger partial charge in [-0.2, -0.15) is 0 Å². The fourth-order valence-corrected chi connectivity index (χ4v) is 2.25. The lowest BCUT2D eigenvalue weighted by Crippen LogP contribution is -2.57. The zero-order chi connectivity index (χ0) is 14.7. The summed E-state index contributed by atoms with van der Waals surface area (Å²) >= 11 is 3.31. The number of hydrogen-bond acceptors (Lipinski definition) is 3. The second-order valence-electron chi connectivity index (χ2n) is 4.62. The van der Waals surface area contributed by atoms with Gasteiger partial charge >= 0.3 is 6.03 Å². The lowest BCUT2D eigenvalue weighted by Gasteiger charge is -2.28. The van der Waals surface area contributed by atoms with E-state index in [-0.39, 0.29) is 18.4 Å². The van der Waals surface area contributed by atoms with E-state index in [0.29, 0.717) is 5.69 Å². The van der Waals surface area contributed by atoms with Gasteiger partial charge in [0.15, 0.2) is 0 Å². The van der Waals surface area contributed by atoms with E-state index in [2.05, 4.69) is 31.9 Å². The summed E-state index contributed by atoms with van der Waals surface area (Å²) in [6.45, 7) is 1.70. The molecule has 20 heavy (non-hydrogen) atoms. The number of amides is 4. The molecule has 3 N–H and O–H groups in total. The van der Waals surface area contributed by atoms with Gasteiger partial charge in [0, 0.05) is 22.6 Å². The maximum Gasteiger partial charge on any atom is 0.321 e. The van der Waals surface area contributed by atoms with E-state index < -0.39 is 17.9 Å². The molecule has 0 radical (unpaired) electrons. The molecule has 7 heteroatoms. The number of carbonyl (C=O) groups excluding carboxylic acids is 3. The van der Waals surface area contributed by atoms with Crippen molar-refractivity contribution in [1.29, 1.82) is 0 Å². The Morgan fingerprint density at radius 1 is 1.30 bits per heavy atom. The van der Waals surface area contributed by atoms with Crippen molar-refractivity contribution in [2.24, 2.45) is 5.92 Å². The molecule has 1 heterocycles. The normalized spacial score (nSPS) is 21.9. The van der Waals surface area contributed by atoms with E-state index in [0.717, 1.165) is 4.47 Å². The molecule has 0 aliphatic carbocycles. The summed E-state index contributed by atoms with van der Waals surface area (Å²) in [7, 11) is 0. The van der Waals surface area contributed by atoms with Crippen LogP contribution in [0.15, 0.2) is 28.7 Å². The van der Waals surface area contributed by atoms with Crippen molar-refractivity contribution in [3.05, 3.63) is 28.7 Å². The van der Waals surface area contributed by atoms with Gasteiger partial charge < -0.3 is 10.6 Å². The van der Waals surface area contributed by atoms with Crippen LogP contribution in [0.1, 0.15) is 13.3 Å². The lowest BCUT2D eigenvalue weighted by atomic mass is 9.94. The molecule has 0 spiro atoms. The minimum Gasteiger partial charge on any atom is -0.335 e. The number of carbonyl (C=O) groups is 3. The van der Waals surface area contributed by atoms with Gasteiger partial charge in [0.1, 0.15) is 0 Å². The minimum atomic E-state index is -0.567. The smallest absolute Gasteiger partial charge is 0.321 e. The third kappa shape index (κ3) is 3.57. The van der Waals surface area contributed by atoms with Gasteiger partial charge in [0.05, 0.1) is 5.92 Å². The van der Waals surface area contributed by atoms with Gasteiger partial charge in [0.25, 0.3) is 0 Å². The van der Waals surface area contributed by atoms with Crippen LogP contribution in [0.3, 0.4) is 0 Å². The van der Waals surface area contributed by atoms with Gasteiger partial charge in [-0.05, 0) is 31.2 Å². The van der Waals surface area contributed by atoms with E-state index >= 15 is 0 Å². The van der Waals surface area contributed by atoms with Crippen LogP contribution in [0.5, 0.6) is 0 Å². The molecular formula is C13H14BrN3O3. The van der Waals surface area contributed by atoms with Crippen molar-refractivity contribution in [2.75, 3.05) is 5.32 Å². The monoisotopic (exact) mass is 339 g/mol. The molecule has 1 fully saturated rings. The Labute approximate surface area is 124 Å². The van der Waals surface area contributed by atoms with Gasteiger partial charge in [-0.25, -0.2) is 4.79 Å². The number of nitrogens with one attached hydrogen (secondary N) is 3. The first-order valence-corrected chi connectivity index (χ1v) is 6.92. The zero-order valence-electron chi connectivity index (χ0n) is 10.8. The molecule has 2 atom stereocenters. The number of halogens is 1. The third-order valence-electron chi connectivity index (χ3n) is 3.07. The summed E-state index contributed by atoms with van der Waals surface area (Å²) in [5.74, 6) is -1.26. The Bertz CT molecular complexity index is 544. The third-order valence-corrected chi connectivity index (χ3v) is 3.60. The molecule has 1 aliphatic heterocycles. The molecule has 2 unspecified atom stereocenters. The number of anilines is 1. The summed E-state index contributed by atoms with van der Waals surface area (Å²) in [6, 6.07) is 6.25. The van der Waals surface area contributed by atoms with Gasteiger partial charge in [-0.15, -0.1) is 0 Å². The Morgan fingerprint density at radius 2 is 1.95 bits per heavy atom. The average molecular weight is 340 g/mol. The van der Waals surface area contributed by atoms with E-state index in [1.807, 2.05) is 12.1 Å². The first-order chi connectivity index (χ1) is 9.45. The number of urea groups is 1. The summed E-state index contributed by atoms with van der Waals surface area (Å²) in [6.07, 6.45) is 0.0172. The molecule has 1 aromatic carbocycles. The molecule has 1 aromatic rings. The van der Waals surface area contributed by atoms with Crippen LogP contribution in [0.25, 0.3) is 0 Å². The second-order valence-corrected chi connectivity index (χ2v) is 5.53. The Kier molecular flexibility index (Phi) is 4.39. The lowest BCUT2D eigenvalue weighted by molar-refractivity contribution is -0.129. The van der Waals surface area contributed by atoms with Crippen molar-refractivity contribution < 1.29 is 14.4 Å². The highest BCUT2D eigenvalue weighted by Gasteiger charge is 2.33. The predicted octanol–water partition coefficient (Wildman–Crippen LogP) is 1.62. The number of rotatable bonds is 3. The highest BCUT2D eigenvalue weighted by atomic mass is 79.9. The van der Waals surface area contributed by atoms with Crippen molar-refractivity contribution >= 4 is 39.5 Å². The first-order valence-electron chi connectivity index (χ1n) is 6.12. The summed E-state index contributed by atoms with van der Waals surface area (Å²) < 4.78 is 0.915. The van der Waals surface area contributed by atoms with Crippen LogP contribution in [-0.2, 0) is 9.59 Å². The fraction of sp³-hybridized carbons (Fsp3) is 0.308. The van der Waals surface area contributed by atoms with Crippen LogP contribution >= 0.6 is 15.9 Å². The molecule has 1 saturated heterocycles. The molecular weight excluding hydrogens is 326 g/mol. The van der Waals surface area contributed by atoms with E-state index in [9.17, 15) is 14.4 Å². The minimum absolute atomic E-state index is 0.0172. The SMILES string of the molecule is CC1NC(=O)NC(=O)C1CC(=O)Nc1ccc(Br)cc1. The van der Waals surface area contributed by atoms with Crippen LogP contribution in [0.2, 0.25) is 0 Å². The van der Waals surface area contributed by atoms with Gasteiger partial charge in [0.2, 0.25) is 11.8 Å². The van der Waals surface area contributed by atoms with Crippen molar-refractivity contribution in [3.8, 4) is 0 Å². The maximum absolute atomic E-state index is 11.9. The van der Waals surface area contributed by atoms with Crippen molar-refractivity contribution in [1.82, 2.24) is 10.6 Å². The van der Waals surface area contributed by atoms with Crippen LogP contribution < -0.4 is 16.0 Å². The first kappa shape index (κ1) is 14.5. The highest BCUT2D eigenvalue weighted by Crippen LogP contribution is 2.17. The fourth-order valence-electron chi connectivity index (χ4n) is 1.99. The molecule has 6 nitrogen and oxygen atoms in total. The van der Waals surface area contributed by atoms with E-state index in [4.69, 9.17) is 0 Å². The molecule has 2 rings (SSSR count). The zero-order valence-corrected chi connectivity index (χ0v) is 12.4. The molecule has 0 bridgehead atoms. The maximum atomic E-state index is 11.9. The number of hydrogen-bond donors (Lipinski definition) is 3. The predicted molar refractivity (Wildman–Crippen MR) is 77.0 cm³/mol. The van der Waals surface area contributed by atoms with Crippen LogP contribution in [0, 0.1) is 5.92 Å². The van der Waals surface area contributed by atoms with E-state index in [1.54, 1.807) is 19.1 Å². The number of benzene rings is 1. The molecule has 0 aromatic heterocycles. The van der Waals surface area contributed by atoms with Gasteiger partial charge in [-0.3, -0.25) is 14.9 Å². The van der Waals surface area contributed by atoms with Crippen LogP contribution in [-0.4, -0.2) is 23.9 Å². The van der Waals surface area contributed by atoms with Crippen molar-refractivity contribution in [3.63, 3.8) is 0 Å². The largest absolute Gasteiger partial charge is 0.335 e. The van der Waals surface area contributed by atoms with Crippen molar-refractivity contribution in [2.45, 2.75) is 19.4 Å². The van der Waals surface area contributed by atoms with E-state index in [1.165, 1.54) is 0 Å². The molecule has 0 saturated carbocycles. The molecule has 4 amide bonds. The summed E-state index contributed by atoms with van der Waals surface area (Å²) in [5, 5.41) is 7.46. The van der Waals surface area contributed by atoms with Gasteiger partial charge in [-0.1, -0.05) is 15.9 Å². The standard InChI is InChI=1S/C13H14BrN3O3/c1-7-10(12(19)17-13(20)15-7)6-11(18)16-9-4-2-8(14)3-5-9/h2-5,7,10H,6H2,1H3,(H,16,18)(H2,15,17,19,20). The highest BCUT2D eigenvalue weighted by molar-refractivity contribution is 9.10. The Hall–Kier alpha value is -1.89. The second kappa shape index (κ2) is 6.04. The molecule has 1 aliphatic rings. The quantitative estimate of drug-likeness (QED) is 0.781. The topological polar surface area (TPSA) is 87.3 Å². The summed E-state index contributed by atoms with van der Waals surface area (Å²) in [4.78, 5) is 34.7.